The Morgan fingerprint density at radius 3 is 1.85 bits per heavy atom. The van der Waals surface area contributed by atoms with Gasteiger partial charge in [-0.2, -0.15) is 0 Å². The molecule has 0 aromatic rings. The number of rotatable bonds is 7. The van der Waals surface area contributed by atoms with Crippen molar-refractivity contribution in [2.24, 2.45) is 23.7 Å². The molecule has 2 nitrogen and oxygen atoms in total. The van der Waals surface area contributed by atoms with Gasteiger partial charge in [0, 0.05) is 6.61 Å². The molecule has 3 heteroatoms. The predicted molar refractivity (Wildman–Crippen MR) is 84.3 cm³/mol. The molecule has 0 saturated heterocycles. The molecule has 0 spiro atoms. The van der Waals surface area contributed by atoms with E-state index in [9.17, 15) is 0 Å². The Kier molecular flexibility index (Phi) is 7.44. The number of hydrogen-bond acceptors (Lipinski definition) is 2. The van der Waals surface area contributed by atoms with E-state index in [1.807, 2.05) is 0 Å². The van der Waals surface area contributed by atoms with Gasteiger partial charge in [0.05, 0.1) is 0 Å². The third kappa shape index (κ3) is 5.40. The van der Waals surface area contributed by atoms with Crippen molar-refractivity contribution < 1.29 is 9.68 Å². The minimum absolute atomic E-state index is 0.676. The van der Waals surface area contributed by atoms with Crippen LogP contribution in [0.3, 0.4) is 0 Å². The van der Waals surface area contributed by atoms with Gasteiger partial charge in [0.15, 0.2) is 0 Å². The van der Waals surface area contributed by atoms with Crippen LogP contribution < -0.4 is 0 Å². The van der Waals surface area contributed by atoms with Gasteiger partial charge in [-0.25, -0.2) is 0 Å². The largest absolute Gasteiger partial charge is 0.485 e. The highest BCUT2D eigenvalue weighted by Crippen LogP contribution is 2.39. The van der Waals surface area contributed by atoms with Gasteiger partial charge >= 0.3 is 7.69 Å². The van der Waals surface area contributed by atoms with E-state index in [4.69, 9.17) is 9.68 Å². The number of hydrogen-bond donors (Lipinski definition) is 1. The van der Waals surface area contributed by atoms with Gasteiger partial charge in [0.25, 0.3) is 0 Å². The van der Waals surface area contributed by atoms with Crippen molar-refractivity contribution in [1.29, 1.82) is 0 Å². The molecule has 0 unspecified atom stereocenters. The zero-order valence-electron chi connectivity index (χ0n) is 13.2. The molecule has 115 valence electrons. The van der Waals surface area contributed by atoms with Crippen LogP contribution in [0.25, 0.3) is 0 Å². The van der Waals surface area contributed by atoms with Crippen molar-refractivity contribution >= 4 is 7.69 Å². The molecule has 0 heterocycles. The summed E-state index contributed by atoms with van der Waals surface area (Å²) >= 11 is 0. The van der Waals surface area contributed by atoms with Crippen molar-refractivity contribution in [3.8, 4) is 0 Å². The highest BCUT2D eigenvalue weighted by Gasteiger charge is 2.26. The zero-order chi connectivity index (χ0) is 14.2. The second-order valence-electron chi connectivity index (χ2n) is 7.24. The van der Waals surface area contributed by atoms with Crippen LogP contribution in [0.15, 0.2) is 0 Å². The van der Waals surface area contributed by atoms with Crippen molar-refractivity contribution in [3.05, 3.63) is 0 Å². The summed E-state index contributed by atoms with van der Waals surface area (Å²) in [7, 11) is 0.848. The molecule has 0 aromatic heterocycles. The molecule has 0 bridgehead atoms. The minimum Gasteiger partial charge on any atom is -0.429 e. The van der Waals surface area contributed by atoms with E-state index >= 15 is 0 Å². The van der Waals surface area contributed by atoms with Crippen molar-refractivity contribution in [3.63, 3.8) is 0 Å². The first-order chi connectivity index (χ1) is 9.81. The topological polar surface area (TPSA) is 29.5 Å². The molecule has 0 aliphatic heterocycles. The Morgan fingerprint density at radius 2 is 1.35 bits per heavy atom. The molecule has 2 saturated carbocycles. The quantitative estimate of drug-likeness (QED) is 0.703. The highest BCUT2D eigenvalue weighted by atomic mass is 16.5. The highest BCUT2D eigenvalue weighted by molar-refractivity contribution is 6.15. The molecule has 2 aliphatic rings. The maximum Gasteiger partial charge on any atom is 0.485 e. The van der Waals surface area contributed by atoms with Crippen molar-refractivity contribution in [2.45, 2.75) is 77.6 Å². The monoisotopic (exact) mass is 279 g/mol. The van der Waals surface area contributed by atoms with Gasteiger partial charge in [0.2, 0.25) is 0 Å². The molecule has 20 heavy (non-hydrogen) atoms. The fraction of sp³-hybridized carbons (Fsp3) is 1.00. The second-order valence-corrected chi connectivity index (χ2v) is 7.24. The minimum atomic E-state index is 0.676. The third-order valence-corrected chi connectivity index (χ3v) is 5.70. The lowest BCUT2D eigenvalue weighted by Gasteiger charge is -2.34. The van der Waals surface area contributed by atoms with Crippen LogP contribution in [-0.4, -0.2) is 19.3 Å². The van der Waals surface area contributed by atoms with Gasteiger partial charge in [-0.15, -0.1) is 0 Å². The van der Waals surface area contributed by atoms with E-state index in [1.54, 1.807) is 0 Å². The van der Waals surface area contributed by atoms with Gasteiger partial charge in [-0.1, -0.05) is 58.3 Å². The smallest absolute Gasteiger partial charge is 0.429 e. The fourth-order valence-corrected chi connectivity index (χ4v) is 4.45. The molecule has 1 N–H and O–H groups in total. The lowest BCUT2D eigenvalue weighted by Crippen LogP contribution is -2.23. The summed E-state index contributed by atoms with van der Waals surface area (Å²) in [5, 5.41) is 8.58. The third-order valence-electron chi connectivity index (χ3n) is 5.70. The SMILES string of the molecule is CCCC1CCC(CC2CCC(CO[B]O)CC2)CC1. The molecule has 0 amide bonds. The van der Waals surface area contributed by atoms with Gasteiger partial charge < -0.3 is 9.68 Å². The summed E-state index contributed by atoms with van der Waals surface area (Å²) in [6.45, 7) is 3.04. The molecular formula is C17H32BO2. The lowest BCUT2D eigenvalue weighted by atomic mass is 9.73. The molecule has 0 aromatic carbocycles. The maximum atomic E-state index is 8.58. The summed E-state index contributed by atoms with van der Waals surface area (Å²) in [5.41, 5.74) is 0. The molecule has 0 atom stereocenters. The van der Waals surface area contributed by atoms with Crippen molar-refractivity contribution in [1.82, 2.24) is 0 Å². The van der Waals surface area contributed by atoms with E-state index in [0.29, 0.717) is 12.5 Å². The van der Waals surface area contributed by atoms with E-state index < -0.39 is 0 Å². The summed E-state index contributed by atoms with van der Waals surface area (Å²) in [6, 6.07) is 0. The standard InChI is InChI=1S/C17H32BO2/c1-2-3-14-4-6-15(7-5-14)12-16-8-10-17(11-9-16)13-20-18-19/h14-17,19H,2-13H2,1H3. The van der Waals surface area contributed by atoms with Crippen LogP contribution >= 0.6 is 0 Å². The Morgan fingerprint density at radius 1 is 0.850 bits per heavy atom. The molecule has 2 rings (SSSR count). The molecular weight excluding hydrogens is 247 g/mol. The van der Waals surface area contributed by atoms with Gasteiger partial charge in [0.1, 0.15) is 0 Å². The van der Waals surface area contributed by atoms with E-state index in [-0.39, 0.29) is 0 Å². The summed E-state index contributed by atoms with van der Waals surface area (Å²) in [5.74, 6) is 3.71. The Hall–Kier alpha value is -0.0151. The lowest BCUT2D eigenvalue weighted by molar-refractivity contribution is 0.149. The van der Waals surface area contributed by atoms with Crippen LogP contribution in [0.5, 0.6) is 0 Å². The Labute approximate surface area is 126 Å². The van der Waals surface area contributed by atoms with Crippen LogP contribution in [0.2, 0.25) is 0 Å². The van der Waals surface area contributed by atoms with Crippen LogP contribution in [-0.2, 0) is 4.65 Å². The van der Waals surface area contributed by atoms with Crippen LogP contribution in [0.1, 0.15) is 77.6 Å². The summed E-state index contributed by atoms with van der Waals surface area (Å²) in [6.07, 6.45) is 15.6. The first-order valence-electron chi connectivity index (χ1n) is 8.89. The summed E-state index contributed by atoms with van der Waals surface area (Å²) in [4.78, 5) is 0. The first kappa shape index (κ1) is 16.4. The van der Waals surface area contributed by atoms with Crippen molar-refractivity contribution in [2.75, 3.05) is 6.61 Å². The fourth-order valence-electron chi connectivity index (χ4n) is 4.45. The van der Waals surface area contributed by atoms with Gasteiger partial charge in [-0.3, -0.25) is 0 Å². The summed E-state index contributed by atoms with van der Waals surface area (Å²) < 4.78 is 5.02. The predicted octanol–water partition coefficient (Wildman–Crippen LogP) is 4.33. The zero-order valence-corrected chi connectivity index (χ0v) is 13.2. The van der Waals surface area contributed by atoms with Gasteiger partial charge in [-0.05, 0) is 42.9 Å². The molecule has 2 fully saturated rings. The van der Waals surface area contributed by atoms with E-state index in [0.717, 1.165) is 25.4 Å². The average Bonchev–Trinajstić information content (AvgIpc) is 2.49. The van der Waals surface area contributed by atoms with E-state index in [1.165, 1.54) is 70.6 Å². The van der Waals surface area contributed by atoms with Crippen LogP contribution in [0.4, 0.5) is 0 Å². The molecule has 2 aliphatic carbocycles. The average molecular weight is 279 g/mol. The molecule has 1 radical (unpaired) electrons. The maximum absolute atomic E-state index is 8.58. The first-order valence-corrected chi connectivity index (χ1v) is 8.89. The normalized spacial score (nSPS) is 34.9. The second kappa shape index (κ2) is 9.09. The Balaban J connectivity index is 1.59. The van der Waals surface area contributed by atoms with E-state index in [2.05, 4.69) is 6.92 Å². The van der Waals surface area contributed by atoms with Crippen LogP contribution in [0, 0.1) is 23.7 Å². The Bertz CT molecular complexity index is 243.